The van der Waals surface area contributed by atoms with Gasteiger partial charge in [0.15, 0.2) is 0 Å². The lowest BCUT2D eigenvalue weighted by molar-refractivity contribution is -0.306. The van der Waals surface area contributed by atoms with Crippen LogP contribution in [0.1, 0.15) is 17.5 Å². The van der Waals surface area contributed by atoms with E-state index in [9.17, 15) is 33.0 Å². The molecule has 1 aliphatic rings. The highest BCUT2D eigenvalue weighted by Crippen LogP contribution is 2.29. The molecule has 0 aliphatic carbocycles. The lowest BCUT2D eigenvalue weighted by Gasteiger charge is -2.25. The van der Waals surface area contributed by atoms with Gasteiger partial charge in [-0.05, 0) is 36.1 Å². The average molecular weight is 316 g/mol. The zero-order valence-corrected chi connectivity index (χ0v) is 11.4. The molecule has 2 rings (SSSR count). The van der Waals surface area contributed by atoms with Gasteiger partial charge in [0.05, 0.1) is 0 Å². The first-order chi connectivity index (χ1) is 10.2. The van der Waals surface area contributed by atoms with Gasteiger partial charge in [-0.1, -0.05) is 6.07 Å². The maximum atomic E-state index is 12.6. The number of carbonyl (C=O) groups excluding carboxylic acids is 2. The first kappa shape index (κ1) is 16.1. The van der Waals surface area contributed by atoms with Crippen molar-refractivity contribution in [2.75, 3.05) is 6.54 Å². The van der Waals surface area contributed by atoms with Gasteiger partial charge in [-0.3, -0.25) is 4.79 Å². The van der Waals surface area contributed by atoms with Crippen molar-refractivity contribution in [1.82, 2.24) is 4.90 Å². The van der Waals surface area contributed by atoms with E-state index in [1.54, 1.807) is 0 Å². The van der Waals surface area contributed by atoms with Crippen LogP contribution in [0.2, 0.25) is 0 Å². The highest BCUT2D eigenvalue weighted by atomic mass is 19.4. The maximum absolute atomic E-state index is 12.6. The Morgan fingerprint density at radius 3 is 2.64 bits per heavy atom. The van der Waals surface area contributed by atoms with E-state index in [2.05, 4.69) is 0 Å². The Bertz CT molecular complexity index is 600. The van der Waals surface area contributed by atoms with Crippen LogP contribution in [0.4, 0.5) is 13.2 Å². The number of carbonyl (C=O) groups is 2. The molecule has 0 bridgehead atoms. The van der Waals surface area contributed by atoms with Crippen LogP contribution in [-0.4, -0.2) is 34.6 Å². The molecule has 22 heavy (non-hydrogen) atoms. The van der Waals surface area contributed by atoms with E-state index in [1.807, 2.05) is 0 Å². The van der Waals surface area contributed by atoms with E-state index < -0.39 is 36.9 Å². The fourth-order valence-corrected chi connectivity index (χ4v) is 2.56. The van der Waals surface area contributed by atoms with Gasteiger partial charge in [-0.25, -0.2) is 0 Å². The van der Waals surface area contributed by atoms with Gasteiger partial charge in [0, 0.05) is 18.4 Å². The number of rotatable bonds is 3. The molecule has 5 nitrogen and oxygen atoms in total. The second-order valence-corrected chi connectivity index (χ2v) is 5.24. The van der Waals surface area contributed by atoms with Gasteiger partial charge in [-0.15, -0.1) is 0 Å². The quantitative estimate of drug-likeness (QED) is 0.885. The molecule has 1 aliphatic heterocycles. The van der Waals surface area contributed by atoms with Crippen LogP contribution in [0.25, 0.3) is 0 Å². The topological polar surface area (TPSA) is 80.7 Å². The molecule has 0 spiro atoms. The number of nitrogens with zero attached hydrogens (tertiary/aromatic N) is 1. The Morgan fingerprint density at radius 2 is 2.05 bits per heavy atom. The van der Waals surface area contributed by atoms with Crippen LogP contribution < -0.4 is 5.11 Å². The second-order valence-electron chi connectivity index (χ2n) is 5.24. The number of carboxylic acid groups (broad SMARTS) is 1. The number of fused-ring (bicyclic) bond motifs is 1. The molecule has 1 heterocycles. The Balaban J connectivity index is 2.37. The van der Waals surface area contributed by atoms with Crippen LogP contribution in [0.3, 0.4) is 0 Å². The molecular weight excluding hydrogens is 303 g/mol. The van der Waals surface area contributed by atoms with Crippen LogP contribution in [0.5, 0.6) is 5.75 Å². The lowest BCUT2D eigenvalue weighted by Crippen LogP contribution is -2.42. The monoisotopic (exact) mass is 316 g/mol. The van der Waals surface area contributed by atoms with Crippen molar-refractivity contribution < 1.29 is 33.0 Å². The molecule has 1 unspecified atom stereocenters. The second kappa shape index (κ2) is 5.86. The molecule has 1 amide bonds. The largest absolute Gasteiger partial charge is 0.550 e. The van der Waals surface area contributed by atoms with E-state index in [-0.39, 0.29) is 18.7 Å². The van der Waals surface area contributed by atoms with E-state index >= 15 is 0 Å². The van der Waals surface area contributed by atoms with Gasteiger partial charge in [-0.2, -0.15) is 13.2 Å². The zero-order chi connectivity index (χ0) is 16.5. The van der Waals surface area contributed by atoms with Crippen LogP contribution >= 0.6 is 0 Å². The molecule has 0 saturated heterocycles. The van der Waals surface area contributed by atoms with Crippen molar-refractivity contribution in [2.24, 2.45) is 5.92 Å². The summed E-state index contributed by atoms with van der Waals surface area (Å²) in [6.45, 7) is -1.80. The minimum absolute atomic E-state index is 0.00319. The summed E-state index contributed by atoms with van der Waals surface area (Å²) in [5.41, 5.74) is 0.917. The van der Waals surface area contributed by atoms with Crippen LogP contribution in [-0.2, 0) is 22.6 Å². The Morgan fingerprint density at radius 1 is 1.36 bits per heavy atom. The van der Waals surface area contributed by atoms with E-state index in [0.29, 0.717) is 16.0 Å². The van der Waals surface area contributed by atoms with Crippen molar-refractivity contribution in [3.63, 3.8) is 0 Å². The van der Waals surface area contributed by atoms with E-state index in [1.165, 1.54) is 18.2 Å². The van der Waals surface area contributed by atoms with Crippen molar-refractivity contribution in [3.05, 3.63) is 29.3 Å². The van der Waals surface area contributed by atoms with E-state index in [4.69, 9.17) is 0 Å². The molecular formula is C14H13F3NO4-. The highest BCUT2D eigenvalue weighted by Gasteiger charge is 2.37. The number of benzene rings is 1. The number of hydrogen-bond donors (Lipinski definition) is 1. The predicted octanol–water partition coefficient (Wildman–Crippen LogP) is 0.595. The summed E-state index contributed by atoms with van der Waals surface area (Å²) in [7, 11) is 0. The summed E-state index contributed by atoms with van der Waals surface area (Å²) >= 11 is 0. The van der Waals surface area contributed by atoms with Gasteiger partial charge in [0.25, 0.3) is 0 Å². The minimum Gasteiger partial charge on any atom is -0.550 e. The van der Waals surface area contributed by atoms with Crippen molar-refractivity contribution in [3.8, 4) is 5.75 Å². The molecule has 1 aromatic rings. The van der Waals surface area contributed by atoms with Crippen molar-refractivity contribution in [2.45, 2.75) is 25.6 Å². The molecule has 0 aromatic heterocycles. The number of aliphatic carboxylic acids is 1. The number of hydrogen-bond acceptors (Lipinski definition) is 4. The lowest BCUT2D eigenvalue weighted by atomic mass is 9.94. The van der Waals surface area contributed by atoms with Crippen molar-refractivity contribution >= 4 is 11.9 Å². The summed E-state index contributed by atoms with van der Waals surface area (Å²) in [4.78, 5) is 23.5. The molecule has 1 atom stereocenters. The first-order valence-electron chi connectivity index (χ1n) is 6.52. The minimum atomic E-state index is -4.59. The number of amides is 1. The number of phenolic OH excluding ortho intramolecular Hbond substituents is 1. The zero-order valence-electron chi connectivity index (χ0n) is 11.4. The Labute approximate surface area is 124 Å². The van der Waals surface area contributed by atoms with Crippen molar-refractivity contribution in [1.29, 1.82) is 0 Å². The first-order valence-corrected chi connectivity index (χ1v) is 6.52. The molecule has 1 aromatic carbocycles. The SMILES string of the molecule is O=C([O-])CC1Cc2ccc(O)cc2CN(CC(F)(F)F)C1=O. The van der Waals surface area contributed by atoms with Gasteiger partial charge < -0.3 is 19.9 Å². The van der Waals surface area contributed by atoms with Crippen LogP contribution in [0.15, 0.2) is 18.2 Å². The normalized spacial score (nSPS) is 18.8. The summed E-state index contributed by atoms with van der Waals surface area (Å²) in [6.07, 6.45) is -5.24. The summed E-state index contributed by atoms with van der Waals surface area (Å²) in [5, 5.41) is 20.2. The summed E-state index contributed by atoms with van der Waals surface area (Å²) in [6, 6.07) is 4.11. The Kier molecular flexibility index (Phi) is 4.30. The molecule has 120 valence electrons. The number of aromatic hydroxyl groups is 1. The molecule has 0 radical (unpaired) electrons. The van der Waals surface area contributed by atoms with Gasteiger partial charge >= 0.3 is 6.18 Å². The molecule has 8 heteroatoms. The summed E-state index contributed by atoms with van der Waals surface area (Å²) < 4.78 is 37.9. The fraction of sp³-hybridized carbons (Fsp3) is 0.429. The third kappa shape index (κ3) is 3.90. The fourth-order valence-electron chi connectivity index (χ4n) is 2.56. The Hall–Kier alpha value is -2.25. The number of halogens is 3. The third-order valence-corrected chi connectivity index (χ3v) is 3.46. The van der Waals surface area contributed by atoms with Gasteiger partial charge in [0.2, 0.25) is 5.91 Å². The smallest absolute Gasteiger partial charge is 0.406 e. The summed E-state index contributed by atoms with van der Waals surface area (Å²) in [5.74, 6) is -3.61. The molecule has 0 saturated carbocycles. The maximum Gasteiger partial charge on any atom is 0.406 e. The predicted molar refractivity (Wildman–Crippen MR) is 66.4 cm³/mol. The average Bonchev–Trinajstić information content (AvgIpc) is 2.47. The number of carboxylic acids is 1. The highest BCUT2D eigenvalue weighted by molar-refractivity contribution is 5.83. The molecule has 0 fully saturated rings. The number of phenols is 1. The molecule has 1 N–H and O–H groups in total. The standard InChI is InChI=1S/C14H14F3NO4/c15-14(16,17)7-18-6-10-4-11(19)2-1-8(10)3-9(13(18)22)5-12(20)21/h1-2,4,9,19H,3,5-7H2,(H,20,21)/p-1. The van der Waals surface area contributed by atoms with Crippen LogP contribution in [0, 0.1) is 5.92 Å². The number of alkyl halides is 3. The van der Waals surface area contributed by atoms with Gasteiger partial charge in [0.1, 0.15) is 12.3 Å². The van der Waals surface area contributed by atoms with E-state index in [0.717, 1.165) is 0 Å². The third-order valence-electron chi connectivity index (χ3n) is 3.46.